The molecule has 0 aliphatic rings. The highest BCUT2D eigenvalue weighted by molar-refractivity contribution is 5.93. The lowest BCUT2D eigenvalue weighted by Crippen LogP contribution is -2.21. The molecule has 4 heteroatoms. The molecule has 4 nitrogen and oxygen atoms in total. The monoisotopic (exact) mass is 340 g/mol. The quantitative estimate of drug-likeness (QED) is 0.792. The Morgan fingerprint density at radius 3 is 2.04 bits per heavy atom. The van der Waals surface area contributed by atoms with Gasteiger partial charge in [-0.3, -0.25) is 4.79 Å². The molecule has 0 heterocycles. The van der Waals surface area contributed by atoms with Gasteiger partial charge in [-0.15, -0.1) is 0 Å². The average Bonchev–Trinajstić information content (AvgIpc) is 2.54. The van der Waals surface area contributed by atoms with Crippen LogP contribution in [0.15, 0.2) is 48.5 Å². The molecule has 2 aromatic carbocycles. The van der Waals surface area contributed by atoms with E-state index in [0.717, 1.165) is 17.1 Å². The van der Waals surface area contributed by atoms with Gasteiger partial charge in [0, 0.05) is 11.4 Å². The molecule has 1 amide bonds. The summed E-state index contributed by atoms with van der Waals surface area (Å²) in [5.41, 5.74) is 3.09. The van der Waals surface area contributed by atoms with Gasteiger partial charge in [0.25, 0.3) is 0 Å². The molecule has 0 aliphatic heterocycles. The van der Waals surface area contributed by atoms with Crippen molar-refractivity contribution < 1.29 is 9.53 Å². The second-order valence-electron chi connectivity index (χ2n) is 7.42. The maximum atomic E-state index is 12.1. The van der Waals surface area contributed by atoms with Crippen LogP contribution < -0.4 is 15.4 Å². The van der Waals surface area contributed by atoms with Gasteiger partial charge in [-0.25, -0.2) is 0 Å². The van der Waals surface area contributed by atoms with Crippen molar-refractivity contribution in [2.24, 2.45) is 0 Å². The van der Waals surface area contributed by atoms with Crippen LogP contribution in [-0.4, -0.2) is 18.6 Å². The molecule has 0 atom stereocenters. The number of carbonyl (C=O) groups is 1. The first-order valence-electron chi connectivity index (χ1n) is 8.65. The highest BCUT2D eigenvalue weighted by atomic mass is 16.5. The maximum absolute atomic E-state index is 12.1. The van der Waals surface area contributed by atoms with Gasteiger partial charge in [0.05, 0.1) is 12.6 Å². The summed E-state index contributed by atoms with van der Waals surface area (Å²) in [5, 5.41) is 6.02. The SMILES string of the molecule is CC(C)Oc1ccc(NC(=O)CNc2ccc(C(C)(C)C)cc2)cc1. The summed E-state index contributed by atoms with van der Waals surface area (Å²) in [6.45, 7) is 10.7. The zero-order valence-corrected chi connectivity index (χ0v) is 15.7. The van der Waals surface area contributed by atoms with Crippen molar-refractivity contribution in [1.29, 1.82) is 0 Å². The van der Waals surface area contributed by atoms with Gasteiger partial charge in [-0.05, 0) is 61.2 Å². The van der Waals surface area contributed by atoms with Gasteiger partial charge < -0.3 is 15.4 Å². The van der Waals surface area contributed by atoms with E-state index in [-0.39, 0.29) is 24.0 Å². The first-order valence-corrected chi connectivity index (χ1v) is 8.65. The van der Waals surface area contributed by atoms with E-state index in [2.05, 4.69) is 43.5 Å². The molecular weight excluding hydrogens is 312 g/mol. The van der Waals surface area contributed by atoms with Crippen LogP contribution in [0.2, 0.25) is 0 Å². The highest BCUT2D eigenvalue weighted by Crippen LogP contribution is 2.23. The Labute approximate surface area is 150 Å². The number of hydrogen-bond acceptors (Lipinski definition) is 3. The zero-order chi connectivity index (χ0) is 18.4. The lowest BCUT2D eigenvalue weighted by Gasteiger charge is -2.19. The summed E-state index contributed by atoms with van der Waals surface area (Å²) in [7, 11) is 0. The van der Waals surface area contributed by atoms with E-state index in [1.807, 2.05) is 50.2 Å². The van der Waals surface area contributed by atoms with Crippen LogP contribution in [0.1, 0.15) is 40.2 Å². The minimum absolute atomic E-state index is 0.0857. The number of amides is 1. The Morgan fingerprint density at radius 1 is 0.960 bits per heavy atom. The van der Waals surface area contributed by atoms with Gasteiger partial charge in [-0.1, -0.05) is 32.9 Å². The van der Waals surface area contributed by atoms with Gasteiger partial charge >= 0.3 is 0 Å². The van der Waals surface area contributed by atoms with Crippen molar-refractivity contribution in [2.75, 3.05) is 17.2 Å². The molecule has 2 N–H and O–H groups in total. The molecule has 2 rings (SSSR count). The van der Waals surface area contributed by atoms with Crippen LogP contribution in [0.4, 0.5) is 11.4 Å². The molecule has 0 saturated carbocycles. The van der Waals surface area contributed by atoms with Crippen LogP contribution in [0.25, 0.3) is 0 Å². The molecule has 0 saturated heterocycles. The molecule has 25 heavy (non-hydrogen) atoms. The first kappa shape index (κ1) is 18.8. The Bertz CT molecular complexity index is 683. The summed E-state index contributed by atoms with van der Waals surface area (Å²) < 4.78 is 5.59. The van der Waals surface area contributed by atoms with E-state index in [1.165, 1.54) is 5.56 Å². The van der Waals surface area contributed by atoms with Crippen molar-refractivity contribution in [3.05, 3.63) is 54.1 Å². The second kappa shape index (κ2) is 8.06. The van der Waals surface area contributed by atoms with E-state index in [4.69, 9.17) is 4.74 Å². The van der Waals surface area contributed by atoms with Crippen LogP contribution in [0.5, 0.6) is 5.75 Å². The van der Waals surface area contributed by atoms with Gasteiger partial charge in [0.1, 0.15) is 5.75 Å². The zero-order valence-electron chi connectivity index (χ0n) is 15.7. The first-order chi connectivity index (χ1) is 11.7. The van der Waals surface area contributed by atoms with Crippen molar-refractivity contribution in [1.82, 2.24) is 0 Å². The third-order valence-corrected chi connectivity index (χ3v) is 3.71. The minimum Gasteiger partial charge on any atom is -0.491 e. The summed E-state index contributed by atoms with van der Waals surface area (Å²) in [5.74, 6) is 0.711. The number of ether oxygens (including phenoxy) is 1. The normalized spacial score (nSPS) is 11.3. The lowest BCUT2D eigenvalue weighted by atomic mass is 9.87. The van der Waals surface area contributed by atoms with Crippen LogP contribution in [-0.2, 0) is 10.2 Å². The number of benzene rings is 2. The number of carbonyl (C=O) groups excluding carboxylic acids is 1. The largest absolute Gasteiger partial charge is 0.491 e. The van der Waals surface area contributed by atoms with E-state index in [1.54, 1.807) is 0 Å². The molecule has 0 bridgehead atoms. The van der Waals surface area contributed by atoms with Crippen molar-refractivity contribution in [3.8, 4) is 5.75 Å². The van der Waals surface area contributed by atoms with Gasteiger partial charge in [0.15, 0.2) is 0 Å². The number of nitrogens with one attached hydrogen (secondary N) is 2. The third-order valence-electron chi connectivity index (χ3n) is 3.71. The molecule has 0 spiro atoms. The second-order valence-corrected chi connectivity index (χ2v) is 7.42. The molecule has 2 aromatic rings. The van der Waals surface area contributed by atoms with Crippen molar-refractivity contribution in [3.63, 3.8) is 0 Å². The minimum atomic E-state index is -0.0857. The molecule has 0 aliphatic carbocycles. The Kier molecular flexibility index (Phi) is 6.07. The average molecular weight is 340 g/mol. The molecule has 134 valence electrons. The fraction of sp³-hybridized carbons (Fsp3) is 0.381. The third kappa shape index (κ3) is 6.14. The smallest absolute Gasteiger partial charge is 0.243 e. The Hall–Kier alpha value is -2.49. The molecular formula is C21H28N2O2. The highest BCUT2D eigenvalue weighted by Gasteiger charge is 2.12. The predicted molar refractivity (Wildman–Crippen MR) is 104 cm³/mol. The van der Waals surface area contributed by atoms with Crippen LogP contribution in [0.3, 0.4) is 0 Å². The predicted octanol–water partition coefficient (Wildman–Crippen LogP) is 4.82. The summed E-state index contributed by atoms with van der Waals surface area (Å²) in [4.78, 5) is 12.1. The van der Waals surface area contributed by atoms with Crippen LogP contribution >= 0.6 is 0 Å². The van der Waals surface area contributed by atoms with Crippen molar-refractivity contribution >= 4 is 17.3 Å². The van der Waals surface area contributed by atoms with E-state index < -0.39 is 0 Å². The van der Waals surface area contributed by atoms with Gasteiger partial charge in [-0.2, -0.15) is 0 Å². The lowest BCUT2D eigenvalue weighted by molar-refractivity contribution is -0.114. The maximum Gasteiger partial charge on any atom is 0.243 e. The summed E-state index contributed by atoms with van der Waals surface area (Å²) >= 11 is 0. The Morgan fingerprint density at radius 2 is 1.52 bits per heavy atom. The Balaban J connectivity index is 1.84. The van der Waals surface area contributed by atoms with E-state index >= 15 is 0 Å². The van der Waals surface area contributed by atoms with E-state index in [9.17, 15) is 4.79 Å². The standard InChI is InChI=1S/C21H28N2O2/c1-15(2)25-19-12-10-18(11-13-19)23-20(24)14-22-17-8-6-16(7-9-17)21(3,4)5/h6-13,15,22H,14H2,1-5H3,(H,23,24). The van der Waals surface area contributed by atoms with E-state index in [0.29, 0.717) is 0 Å². The topological polar surface area (TPSA) is 50.4 Å². The number of rotatable bonds is 6. The van der Waals surface area contributed by atoms with Gasteiger partial charge in [0.2, 0.25) is 5.91 Å². The van der Waals surface area contributed by atoms with Crippen LogP contribution in [0, 0.1) is 0 Å². The molecule has 0 radical (unpaired) electrons. The van der Waals surface area contributed by atoms with Crippen molar-refractivity contribution in [2.45, 2.75) is 46.1 Å². The molecule has 0 fully saturated rings. The number of anilines is 2. The fourth-order valence-electron chi connectivity index (χ4n) is 2.36. The molecule has 0 aromatic heterocycles. The molecule has 0 unspecified atom stereocenters. The summed E-state index contributed by atoms with van der Waals surface area (Å²) in [6.07, 6.45) is 0.134. The number of hydrogen-bond donors (Lipinski definition) is 2. The summed E-state index contributed by atoms with van der Waals surface area (Å²) in [6, 6.07) is 15.6. The fourth-order valence-corrected chi connectivity index (χ4v) is 2.36.